The fourth-order valence-corrected chi connectivity index (χ4v) is 6.72. The van der Waals surface area contributed by atoms with Crippen LogP contribution in [-0.4, -0.2) is 133 Å². The molecule has 0 aromatic heterocycles. The zero-order valence-corrected chi connectivity index (χ0v) is 23.4. The minimum atomic E-state index is -0.581. The molecule has 0 radical (unpaired) electrons. The van der Waals surface area contributed by atoms with Crippen LogP contribution in [-0.2, 0) is 16.1 Å². The molecular formula is C29H41N7O4. The molecule has 5 aliphatic rings. The maximum Gasteiger partial charge on any atom is 0.320 e. The highest BCUT2D eigenvalue weighted by Crippen LogP contribution is 2.31. The average Bonchev–Trinajstić information content (AvgIpc) is 3.32. The van der Waals surface area contributed by atoms with Gasteiger partial charge in [-0.1, -0.05) is 0 Å². The van der Waals surface area contributed by atoms with E-state index in [4.69, 9.17) is 0 Å². The van der Waals surface area contributed by atoms with Gasteiger partial charge in [-0.3, -0.25) is 29.5 Å². The predicted molar refractivity (Wildman–Crippen MR) is 150 cm³/mol. The second kappa shape index (κ2) is 11.7. The second-order valence-corrected chi connectivity index (χ2v) is 11.7. The summed E-state index contributed by atoms with van der Waals surface area (Å²) in [4.78, 5) is 62.7. The topological polar surface area (TPSA) is 99.8 Å². The van der Waals surface area contributed by atoms with Gasteiger partial charge in [0.1, 0.15) is 6.04 Å². The smallest absolute Gasteiger partial charge is 0.320 e. The molecule has 4 saturated heterocycles. The van der Waals surface area contributed by atoms with E-state index in [1.807, 2.05) is 21.9 Å². The van der Waals surface area contributed by atoms with Crippen molar-refractivity contribution in [3.8, 4) is 0 Å². The lowest BCUT2D eigenvalue weighted by Gasteiger charge is -2.40. The predicted octanol–water partition coefficient (Wildman–Crippen LogP) is 0.793. The molecule has 5 heterocycles. The number of hydrogen-bond donors (Lipinski definition) is 1. The first-order valence-electron chi connectivity index (χ1n) is 15.0. The Balaban J connectivity index is 0.945. The summed E-state index contributed by atoms with van der Waals surface area (Å²) >= 11 is 0. The minimum Gasteiger partial charge on any atom is -0.369 e. The van der Waals surface area contributed by atoms with Gasteiger partial charge >= 0.3 is 6.03 Å². The Labute approximate surface area is 236 Å². The standard InChI is InChI=1S/C29H41N7O4/c37-26-7-6-25(27(38)30-26)36-21-22-20-23(4-5-24(22)28(36)39)33-16-12-31(13-17-33)10-11-32-14-18-35(19-15-32)29(40)34-8-2-1-3-9-34/h4-5,20,25H,1-3,6-19,21H2,(H,30,37,38). The molecule has 216 valence electrons. The Hall–Kier alpha value is -3.18. The Morgan fingerprint density at radius 3 is 2.12 bits per heavy atom. The highest BCUT2D eigenvalue weighted by atomic mass is 16.2. The normalized spacial score (nSPS) is 24.9. The van der Waals surface area contributed by atoms with Crippen LogP contribution in [0, 0.1) is 0 Å². The number of fused-ring (bicyclic) bond motifs is 1. The molecule has 5 aliphatic heterocycles. The Bertz CT molecular complexity index is 1140. The maximum atomic E-state index is 13.0. The molecule has 1 unspecified atom stereocenters. The van der Waals surface area contributed by atoms with Gasteiger partial charge in [0.15, 0.2) is 0 Å². The summed E-state index contributed by atoms with van der Waals surface area (Å²) < 4.78 is 0. The van der Waals surface area contributed by atoms with Crippen LogP contribution in [0.15, 0.2) is 18.2 Å². The van der Waals surface area contributed by atoms with E-state index in [1.165, 1.54) is 6.42 Å². The number of carbonyl (C=O) groups excluding carboxylic acids is 4. The number of imide groups is 1. The third kappa shape index (κ3) is 5.67. The van der Waals surface area contributed by atoms with Crippen LogP contribution in [0.5, 0.6) is 0 Å². The van der Waals surface area contributed by atoms with Crippen molar-refractivity contribution in [1.29, 1.82) is 0 Å². The number of rotatable bonds is 5. The van der Waals surface area contributed by atoms with Crippen LogP contribution >= 0.6 is 0 Å². The number of piperazine rings is 2. The molecular weight excluding hydrogens is 510 g/mol. The summed E-state index contributed by atoms with van der Waals surface area (Å²) in [5, 5.41) is 2.37. The van der Waals surface area contributed by atoms with Gasteiger partial charge in [0.25, 0.3) is 5.91 Å². The van der Waals surface area contributed by atoms with Gasteiger partial charge in [-0.05, 0) is 49.4 Å². The van der Waals surface area contributed by atoms with Gasteiger partial charge in [-0.15, -0.1) is 0 Å². The number of anilines is 1. The zero-order chi connectivity index (χ0) is 27.6. The lowest BCUT2D eigenvalue weighted by molar-refractivity contribution is -0.136. The minimum absolute atomic E-state index is 0.127. The van der Waals surface area contributed by atoms with Gasteiger partial charge in [0.2, 0.25) is 11.8 Å². The first-order valence-corrected chi connectivity index (χ1v) is 15.0. The van der Waals surface area contributed by atoms with Crippen molar-refractivity contribution in [1.82, 2.24) is 29.8 Å². The molecule has 6 rings (SSSR count). The number of amides is 5. The summed E-state index contributed by atoms with van der Waals surface area (Å²) in [6.07, 6.45) is 4.15. The third-order valence-electron chi connectivity index (χ3n) is 9.25. The summed E-state index contributed by atoms with van der Waals surface area (Å²) in [5.41, 5.74) is 2.73. The van der Waals surface area contributed by atoms with Crippen molar-refractivity contribution in [2.24, 2.45) is 0 Å². The van der Waals surface area contributed by atoms with E-state index in [0.717, 1.165) is 103 Å². The van der Waals surface area contributed by atoms with Crippen molar-refractivity contribution in [3.63, 3.8) is 0 Å². The number of nitrogens with one attached hydrogen (secondary N) is 1. The Morgan fingerprint density at radius 2 is 1.45 bits per heavy atom. The number of benzene rings is 1. The van der Waals surface area contributed by atoms with Crippen LogP contribution in [0.4, 0.5) is 10.5 Å². The SMILES string of the molecule is O=C1CCC(N2Cc3cc(N4CCN(CCN5CCN(C(=O)N6CCCCC6)CC5)CC4)ccc3C2=O)C(=O)N1. The molecule has 0 aliphatic carbocycles. The van der Waals surface area contributed by atoms with E-state index in [0.29, 0.717) is 18.5 Å². The molecule has 1 aromatic carbocycles. The molecule has 5 amide bonds. The molecule has 4 fully saturated rings. The number of likely N-dealkylation sites (tertiary alicyclic amines) is 1. The van der Waals surface area contributed by atoms with Crippen LogP contribution in [0.2, 0.25) is 0 Å². The number of urea groups is 1. The summed E-state index contributed by atoms with van der Waals surface area (Å²) in [7, 11) is 0. The average molecular weight is 552 g/mol. The molecule has 11 nitrogen and oxygen atoms in total. The van der Waals surface area contributed by atoms with E-state index in [-0.39, 0.29) is 30.2 Å². The molecule has 0 saturated carbocycles. The number of carbonyl (C=O) groups is 4. The number of nitrogens with zero attached hydrogens (tertiary/aromatic N) is 6. The van der Waals surface area contributed by atoms with Gasteiger partial charge in [0, 0.05) is 103 Å². The lowest BCUT2D eigenvalue weighted by Crippen LogP contribution is -2.55. The summed E-state index contributed by atoms with van der Waals surface area (Å²) in [5.74, 6) is -0.770. The van der Waals surface area contributed by atoms with Gasteiger partial charge in [-0.2, -0.15) is 0 Å². The highest BCUT2D eigenvalue weighted by molar-refractivity contribution is 6.05. The van der Waals surface area contributed by atoms with Crippen LogP contribution in [0.25, 0.3) is 0 Å². The van der Waals surface area contributed by atoms with Crippen LogP contribution < -0.4 is 10.2 Å². The maximum absolute atomic E-state index is 13.0. The Kier molecular flexibility index (Phi) is 7.93. The summed E-state index contributed by atoms with van der Waals surface area (Å²) in [6.45, 7) is 11.7. The monoisotopic (exact) mass is 551 g/mol. The largest absolute Gasteiger partial charge is 0.369 e. The first-order chi connectivity index (χ1) is 19.5. The van der Waals surface area contributed by atoms with Crippen molar-refractivity contribution in [2.75, 3.05) is 83.4 Å². The molecule has 1 N–H and O–H groups in total. The molecule has 11 heteroatoms. The van der Waals surface area contributed by atoms with Crippen molar-refractivity contribution < 1.29 is 19.2 Å². The quantitative estimate of drug-likeness (QED) is 0.541. The number of piperidine rings is 2. The van der Waals surface area contributed by atoms with E-state index < -0.39 is 6.04 Å². The fraction of sp³-hybridized carbons (Fsp3) is 0.655. The first kappa shape index (κ1) is 27.0. The molecule has 1 atom stereocenters. The second-order valence-electron chi connectivity index (χ2n) is 11.7. The number of hydrogen-bond acceptors (Lipinski definition) is 7. The third-order valence-corrected chi connectivity index (χ3v) is 9.25. The molecule has 0 bridgehead atoms. The van der Waals surface area contributed by atoms with Crippen molar-refractivity contribution in [2.45, 2.75) is 44.7 Å². The Morgan fingerprint density at radius 1 is 0.800 bits per heavy atom. The van der Waals surface area contributed by atoms with Gasteiger partial charge in [-0.25, -0.2) is 4.79 Å². The van der Waals surface area contributed by atoms with Gasteiger partial charge in [0.05, 0.1) is 0 Å². The lowest BCUT2D eigenvalue weighted by atomic mass is 10.0. The van der Waals surface area contributed by atoms with E-state index in [9.17, 15) is 19.2 Å². The molecule has 1 aromatic rings. The highest BCUT2D eigenvalue weighted by Gasteiger charge is 2.39. The molecule has 0 spiro atoms. The van der Waals surface area contributed by atoms with E-state index in [2.05, 4.69) is 26.1 Å². The van der Waals surface area contributed by atoms with Crippen LogP contribution in [0.1, 0.15) is 48.0 Å². The van der Waals surface area contributed by atoms with E-state index >= 15 is 0 Å². The summed E-state index contributed by atoms with van der Waals surface area (Å²) in [6, 6.07) is 5.66. The van der Waals surface area contributed by atoms with Crippen molar-refractivity contribution in [3.05, 3.63) is 29.3 Å². The van der Waals surface area contributed by atoms with Gasteiger partial charge < -0.3 is 19.6 Å². The van der Waals surface area contributed by atoms with Crippen molar-refractivity contribution >= 4 is 29.4 Å². The van der Waals surface area contributed by atoms with Crippen LogP contribution in [0.3, 0.4) is 0 Å². The fourth-order valence-electron chi connectivity index (χ4n) is 6.72. The van der Waals surface area contributed by atoms with E-state index in [1.54, 1.807) is 4.90 Å². The molecule has 40 heavy (non-hydrogen) atoms. The zero-order valence-electron chi connectivity index (χ0n) is 23.4.